The number of hydrogen-bond donors (Lipinski definition) is 0. The minimum Gasteiger partial charge on any atom is -0.497 e. The van der Waals surface area contributed by atoms with Gasteiger partial charge in [0.05, 0.1) is 32.7 Å². The van der Waals surface area contributed by atoms with E-state index in [-0.39, 0.29) is 0 Å². The van der Waals surface area contributed by atoms with Crippen LogP contribution in [0.15, 0.2) is 56.5 Å². The molecule has 1 saturated carbocycles. The van der Waals surface area contributed by atoms with E-state index in [0.717, 1.165) is 46.2 Å². The van der Waals surface area contributed by atoms with E-state index in [1.165, 1.54) is 19.3 Å². The number of benzene rings is 1. The maximum atomic E-state index is 5.62. The molecule has 0 amide bonds. The highest BCUT2D eigenvalue weighted by Crippen LogP contribution is 2.25. The molecule has 2 aromatic heterocycles. The van der Waals surface area contributed by atoms with Gasteiger partial charge in [-0.25, -0.2) is 4.68 Å². The summed E-state index contributed by atoms with van der Waals surface area (Å²) in [7, 11) is 3.29. The van der Waals surface area contributed by atoms with Crippen LogP contribution in [0.25, 0.3) is 11.5 Å². The highest BCUT2D eigenvalue weighted by Gasteiger charge is 2.15. The van der Waals surface area contributed by atoms with Crippen LogP contribution in [0.1, 0.15) is 37.7 Å². The van der Waals surface area contributed by atoms with E-state index in [4.69, 9.17) is 24.0 Å². The van der Waals surface area contributed by atoms with E-state index in [1.54, 1.807) is 38.0 Å². The summed E-state index contributed by atoms with van der Waals surface area (Å²) in [6, 6.07) is 9.82. The third-order valence-electron chi connectivity index (χ3n) is 5.08. The minimum absolute atomic E-state index is 0.361. The number of methoxy groups -OCH3 is 2. The molecule has 0 bridgehead atoms. The van der Waals surface area contributed by atoms with E-state index in [1.807, 2.05) is 40.4 Å². The zero-order chi connectivity index (χ0) is 20.1. The first kappa shape index (κ1) is 19.5. The third kappa shape index (κ3) is 4.45. The Morgan fingerprint density at radius 2 is 2.00 bits per heavy atom. The third-order valence-corrected chi connectivity index (χ3v) is 5.91. The van der Waals surface area contributed by atoms with Crippen molar-refractivity contribution in [1.82, 2.24) is 4.68 Å². The molecule has 0 saturated heterocycles. The van der Waals surface area contributed by atoms with Gasteiger partial charge in [-0.3, -0.25) is 4.99 Å². The SMILES string of the molecule is COc1ccc(OC)c(C=Nn2c(-c3ccco3)csc2=NC2CCCCC2)c1. The Bertz CT molecular complexity index is 1030. The Balaban J connectivity index is 1.76. The van der Waals surface area contributed by atoms with Gasteiger partial charge in [-0.2, -0.15) is 5.10 Å². The highest BCUT2D eigenvalue weighted by molar-refractivity contribution is 7.07. The fraction of sp³-hybridized carbons (Fsp3) is 0.364. The first-order valence-corrected chi connectivity index (χ1v) is 10.7. The fourth-order valence-corrected chi connectivity index (χ4v) is 4.41. The largest absolute Gasteiger partial charge is 0.497 e. The summed E-state index contributed by atoms with van der Waals surface area (Å²) in [5, 5.41) is 6.80. The fourth-order valence-electron chi connectivity index (χ4n) is 3.52. The molecule has 1 aliphatic carbocycles. The van der Waals surface area contributed by atoms with Crippen molar-refractivity contribution in [2.45, 2.75) is 38.1 Å². The van der Waals surface area contributed by atoms with Crippen LogP contribution in [-0.4, -0.2) is 31.2 Å². The molecule has 2 heterocycles. The normalized spacial score (nSPS) is 15.9. The molecule has 152 valence electrons. The van der Waals surface area contributed by atoms with E-state index >= 15 is 0 Å². The molecule has 1 aliphatic rings. The second kappa shape index (κ2) is 9.13. The number of aromatic nitrogens is 1. The van der Waals surface area contributed by atoms with Gasteiger partial charge in [0.25, 0.3) is 0 Å². The standard InChI is InChI=1S/C22H25N3O3S/c1-26-18-10-11-20(27-2)16(13-18)14-23-25-19(21-9-6-12-28-21)15-29-22(25)24-17-7-4-3-5-8-17/h6,9-15,17H,3-5,7-8H2,1-2H3. The Morgan fingerprint density at radius 3 is 2.72 bits per heavy atom. The molecule has 3 aromatic rings. The molecular weight excluding hydrogens is 386 g/mol. The number of furan rings is 1. The molecule has 0 aliphatic heterocycles. The quantitative estimate of drug-likeness (QED) is 0.540. The van der Waals surface area contributed by atoms with Crippen LogP contribution >= 0.6 is 11.3 Å². The molecule has 1 aromatic carbocycles. The average Bonchev–Trinajstić information content (AvgIpc) is 3.42. The van der Waals surface area contributed by atoms with Gasteiger partial charge in [-0.15, -0.1) is 11.3 Å². The lowest BCUT2D eigenvalue weighted by molar-refractivity contribution is 0.402. The van der Waals surface area contributed by atoms with Gasteiger partial charge < -0.3 is 13.9 Å². The van der Waals surface area contributed by atoms with E-state index in [9.17, 15) is 0 Å². The molecule has 0 N–H and O–H groups in total. The van der Waals surface area contributed by atoms with Crippen molar-refractivity contribution in [1.29, 1.82) is 0 Å². The zero-order valence-corrected chi connectivity index (χ0v) is 17.5. The van der Waals surface area contributed by atoms with Crippen LogP contribution in [-0.2, 0) is 0 Å². The number of thiazole rings is 1. The Morgan fingerprint density at radius 1 is 1.14 bits per heavy atom. The van der Waals surface area contributed by atoms with Gasteiger partial charge in [-0.05, 0) is 43.2 Å². The Labute approximate surface area is 174 Å². The van der Waals surface area contributed by atoms with Crippen molar-refractivity contribution in [3.8, 4) is 23.0 Å². The predicted octanol–water partition coefficient (Wildman–Crippen LogP) is 4.94. The van der Waals surface area contributed by atoms with E-state index in [2.05, 4.69) is 0 Å². The van der Waals surface area contributed by atoms with Crippen LogP contribution in [0.2, 0.25) is 0 Å². The summed E-state index contributed by atoms with van der Waals surface area (Å²) in [4.78, 5) is 5.88. The maximum Gasteiger partial charge on any atom is 0.206 e. The Hall–Kier alpha value is -2.80. The van der Waals surface area contributed by atoms with Crippen molar-refractivity contribution in [3.63, 3.8) is 0 Å². The molecule has 29 heavy (non-hydrogen) atoms. The summed E-state index contributed by atoms with van der Waals surface area (Å²) in [5.41, 5.74) is 1.72. The second-order valence-electron chi connectivity index (χ2n) is 6.97. The van der Waals surface area contributed by atoms with Gasteiger partial charge in [-0.1, -0.05) is 19.3 Å². The summed E-state index contributed by atoms with van der Waals surface area (Å²) in [6.07, 6.45) is 9.53. The molecule has 0 spiro atoms. The van der Waals surface area contributed by atoms with E-state index in [0.29, 0.717) is 6.04 Å². The van der Waals surface area contributed by atoms with Crippen molar-refractivity contribution < 1.29 is 13.9 Å². The van der Waals surface area contributed by atoms with Crippen molar-refractivity contribution in [3.05, 3.63) is 52.3 Å². The minimum atomic E-state index is 0.361. The van der Waals surface area contributed by atoms with Crippen LogP contribution in [0, 0.1) is 0 Å². The van der Waals surface area contributed by atoms with Crippen LogP contribution in [0.3, 0.4) is 0 Å². The maximum absolute atomic E-state index is 5.62. The topological polar surface area (TPSA) is 61.2 Å². The smallest absolute Gasteiger partial charge is 0.206 e. The predicted molar refractivity (Wildman–Crippen MR) is 115 cm³/mol. The molecule has 1 fully saturated rings. The summed E-state index contributed by atoms with van der Waals surface area (Å²) >= 11 is 1.59. The van der Waals surface area contributed by atoms with Gasteiger partial charge in [0.15, 0.2) is 5.76 Å². The lowest BCUT2D eigenvalue weighted by Gasteiger charge is -2.16. The molecule has 7 heteroatoms. The molecule has 6 nitrogen and oxygen atoms in total. The summed E-state index contributed by atoms with van der Waals surface area (Å²) in [6.45, 7) is 0. The van der Waals surface area contributed by atoms with E-state index < -0.39 is 0 Å². The van der Waals surface area contributed by atoms with Gasteiger partial charge in [0.2, 0.25) is 4.80 Å². The first-order chi connectivity index (χ1) is 14.3. The van der Waals surface area contributed by atoms with Gasteiger partial charge in [0.1, 0.15) is 17.2 Å². The number of nitrogens with zero attached hydrogens (tertiary/aromatic N) is 3. The van der Waals surface area contributed by atoms with Gasteiger partial charge >= 0.3 is 0 Å². The zero-order valence-electron chi connectivity index (χ0n) is 16.7. The van der Waals surface area contributed by atoms with Crippen LogP contribution in [0.5, 0.6) is 11.5 Å². The molecule has 0 unspecified atom stereocenters. The molecule has 0 atom stereocenters. The number of rotatable bonds is 6. The van der Waals surface area contributed by atoms with Crippen LogP contribution < -0.4 is 14.3 Å². The number of ether oxygens (including phenoxy) is 2. The number of hydrogen-bond acceptors (Lipinski definition) is 6. The molecule has 0 radical (unpaired) electrons. The average molecular weight is 412 g/mol. The van der Waals surface area contributed by atoms with Crippen LogP contribution in [0.4, 0.5) is 0 Å². The van der Waals surface area contributed by atoms with Gasteiger partial charge in [0, 0.05) is 10.9 Å². The Kier molecular flexibility index (Phi) is 6.14. The summed E-state index contributed by atoms with van der Waals surface area (Å²) < 4.78 is 18.3. The van der Waals surface area contributed by atoms with Crippen molar-refractivity contribution in [2.75, 3.05) is 14.2 Å². The second-order valence-corrected chi connectivity index (χ2v) is 7.80. The van der Waals surface area contributed by atoms with Crippen molar-refractivity contribution >= 4 is 17.6 Å². The first-order valence-electron chi connectivity index (χ1n) is 9.83. The summed E-state index contributed by atoms with van der Waals surface area (Å²) in [5.74, 6) is 2.25. The monoisotopic (exact) mass is 411 g/mol. The molecular formula is C22H25N3O3S. The highest BCUT2D eigenvalue weighted by atomic mass is 32.1. The lowest BCUT2D eigenvalue weighted by Crippen LogP contribution is -2.19. The van der Waals surface area contributed by atoms with Crippen molar-refractivity contribution in [2.24, 2.45) is 10.1 Å². The lowest BCUT2D eigenvalue weighted by atomic mass is 9.96. The molecule has 4 rings (SSSR count).